The van der Waals surface area contributed by atoms with Crippen molar-refractivity contribution in [3.05, 3.63) is 42.0 Å². The van der Waals surface area contributed by atoms with E-state index in [2.05, 4.69) is 12.6 Å². The maximum atomic E-state index is 11.7. The van der Waals surface area contributed by atoms with Gasteiger partial charge in [-0.05, 0) is 23.6 Å². The van der Waals surface area contributed by atoms with Crippen LogP contribution in [0.2, 0.25) is 0 Å². The van der Waals surface area contributed by atoms with Crippen LogP contribution >= 0.6 is 0 Å². The maximum absolute atomic E-state index is 11.7. The Morgan fingerprint density at radius 2 is 2.38 bits per heavy atom. The Kier molecular flexibility index (Phi) is 2.95. The molecule has 84 valence electrons. The van der Waals surface area contributed by atoms with Gasteiger partial charge >= 0.3 is 0 Å². The van der Waals surface area contributed by atoms with Crippen LogP contribution in [0.4, 0.5) is 5.69 Å². The molecule has 0 unspecified atom stereocenters. The van der Waals surface area contributed by atoms with Gasteiger partial charge in [-0.25, -0.2) is 0 Å². The summed E-state index contributed by atoms with van der Waals surface area (Å²) >= 11 is 0. The van der Waals surface area contributed by atoms with Crippen LogP contribution in [0.1, 0.15) is 17.5 Å². The number of nitrogen functional groups attached to an aromatic ring is 1. The van der Waals surface area contributed by atoms with Crippen molar-refractivity contribution in [3.8, 4) is 0 Å². The highest BCUT2D eigenvalue weighted by atomic mass is 16.2. The first kappa shape index (κ1) is 10.7. The fourth-order valence-electron chi connectivity index (χ4n) is 2.07. The van der Waals surface area contributed by atoms with Gasteiger partial charge in [-0.3, -0.25) is 4.79 Å². The molecule has 1 aromatic carbocycles. The summed E-state index contributed by atoms with van der Waals surface area (Å²) in [6.45, 7) is 5.00. The van der Waals surface area contributed by atoms with E-state index in [1.165, 1.54) is 5.56 Å². The zero-order valence-corrected chi connectivity index (χ0v) is 9.28. The van der Waals surface area contributed by atoms with Gasteiger partial charge in [-0.15, -0.1) is 6.58 Å². The highest BCUT2D eigenvalue weighted by Gasteiger charge is 2.20. The molecule has 0 saturated carbocycles. The molecule has 1 heterocycles. The van der Waals surface area contributed by atoms with Crippen molar-refractivity contribution >= 4 is 11.6 Å². The van der Waals surface area contributed by atoms with Crippen LogP contribution in [0.3, 0.4) is 0 Å². The molecule has 1 aromatic rings. The minimum absolute atomic E-state index is 0.129. The van der Waals surface area contributed by atoms with Crippen LogP contribution < -0.4 is 5.73 Å². The average Bonchev–Trinajstić information content (AvgIpc) is 2.29. The minimum atomic E-state index is 0.129. The molecule has 0 aromatic heterocycles. The van der Waals surface area contributed by atoms with Gasteiger partial charge in [-0.2, -0.15) is 0 Å². The van der Waals surface area contributed by atoms with E-state index in [1.807, 2.05) is 17.0 Å². The molecule has 0 radical (unpaired) electrons. The number of fused-ring (bicyclic) bond motifs is 1. The predicted octanol–water partition coefficient (Wildman–Crippen LogP) is 1.73. The van der Waals surface area contributed by atoms with Crippen molar-refractivity contribution in [1.29, 1.82) is 0 Å². The molecular formula is C13H16N2O. The lowest BCUT2D eigenvalue weighted by atomic mass is 9.98. The average molecular weight is 216 g/mol. The highest BCUT2D eigenvalue weighted by molar-refractivity contribution is 5.78. The molecule has 0 saturated heterocycles. The summed E-state index contributed by atoms with van der Waals surface area (Å²) in [6, 6.07) is 5.94. The van der Waals surface area contributed by atoms with Crippen LogP contribution in [0.25, 0.3) is 0 Å². The molecule has 3 heteroatoms. The molecule has 2 N–H and O–H groups in total. The van der Waals surface area contributed by atoms with E-state index >= 15 is 0 Å². The van der Waals surface area contributed by atoms with Crippen molar-refractivity contribution in [2.24, 2.45) is 0 Å². The van der Waals surface area contributed by atoms with E-state index in [9.17, 15) is 4.79 Å². The van der Waals surface area contributed by atoms with E-state index in [4.69, 9.17) is 5.73 Å². The summed E-state index contributed by atoms with van der Waals surface area (Å²) in [5.41, 5.74) is 9.07. The van der Waals surface area contributed by atoms with Gasteiger partial charge in [0.2, 0.25) is 5.91 Å². The molecule has 2 rings (SSSR count). The van der Waals surface area contributed by atoms with E-state index in [1.54, 1.807) is 6.08 Å². The number of anilines is 1. The molecule has 1 amide bonds. The van der Waals surface area contributed by atoms with Gasteiger partial charge in [0.25, 0.3) is 0 Å². The van der Waals surface area contributed by atoms with E-state index in [-0.39, 0.29) is 5.91 Å². The predicted molar refractivity (Wildman–Crippen MR) is 64.8 cm³/mol. The zero-order chi connectivity index (χ0) is 11.5. The van der Waals surface area contributed by atoms with Gasteiger partial charge in [0.1, 0.15) is 0 Å². The minimum Gasteiger partial charge on any atom is -0.398 e. The van der Waals surface area contributed by atoms with Gasteiger partial charge < -0.3 is 10.6 Å². The quantitative estimate of drug-likeness (QED) is 0.604. The molecule has 16 heavy (non-hydrogen) atoms. The smallest absolute Gasteiger partial charge is 0.226 e. The SMILES string of the molecule is C=CCC(=O)N1CCc2cccc(N)c2C1. The molecular weight excluding hydrogens is 200 g/mol. The van der Waals surface area contributed by atoms with Crippen molar-refractivity contribution in [1.82, 2.24) is 4.90 Å². The molecule has 3 nitrogen and oxygen atoms in total. The molecule has 0 bridgehead atoms. The number of nitrogens with two attached hydrogens (primary N) is 1. The third-order valence-electron chi connectivity index (χ3n) is 2.98. The molecule has 1 aliphatic rings. The lowest BCUT2D eigenvalue weighted by Crippen LogP contribution is -2.35. The van der Waals surface area contributed by atoms with E-state index in [0.717, 1.165) is 24.2 Å². The standard InChI is InChI=1S/C13H16N2O/c1-2-4-13(16)15-8-7-10-5-3-6-12(14)11(10)9-15/h2-3,5-6H,1,4,7-9,14H2. The Morgan fingerprint density at radius 3 is 3.12 bits per heavy atom. The third kappa shape index (κ3) is 1.94. The van der Waals surface area contributed by atoms with Gasteiger partial charge in [-0.1, -0.05) is 18.2 Å². The molecule has 1 aliphatic heterocycles. The molecule has 0 atom stereocenters. The lowest BCUT2D eigenvalue weighted by Gasteiger charge is -2.29. The Balaban J connectivity index is 2.20. The van der Waals surface area contributed by atoms with E-state index < -0.39 is 0 Å². The normalized spacial score (nSPS) is 14.4. The van der Waals surface area contributed by atoms with E-state index in [0.29, 0.717) is 13.0 Å². The fraction of sp³-hybridized carbons (Fsp3) is 0.308. The fourth-order valence-corrected chi connectivity index (χ4v) is 2.07. The van der Waals surface area contributed by atoms with Gasteiger partial charge in [0.15, 0.2) is 0 Å². The molecule has 0 aliphatic carbocycles. The summed E-state index contributed by atoms with van der Waals surface area (Å²) < 4.78 is 0. The number of hydrogen-bond acceptors (Lipinski definition) is 2. The second-order valence-corrected chi connectivity index (χ2v) is 4.04. The second kappa shape index (κ2) is 4.39. The van der Waals surface area contributed by atoms with Gasteiger partial charge in [0.05, 0.1) is 0 Å². The first-order chi connectivity index (χ1) is 7.72. The number of carbonyl (C=O) groups excluding carboxylic acids is 1. The second-order valence-electron chi connectivity index (χ2n) is 4.04. The topological polar surface area (TPSA) is 46.3 Å². The van der Waals surface area contributed by atoms with Crippen LogP contribution in [0, 0.1) is 0 Å². The van der Waals surface area contributed by atoms with Crippen molar-refractivity contribution in [3.63, 3.8) is 0 Å². The van der Waals surface area contributed by atoms with Gasteiger partial charge in [0, 0.05) is 25.2 Å². The Labute approximate surface area is 95.6 Å². The Bertz CT molecular complexity index is 426. The number of carbonyl (C=O) groups is 1. The number of amides is 1. The third-order valence-corrected chi connectivity index (χ3v) is 2.98. The summed E-state index contributed by atoms with van der Waals surface area (Å²) in [6.07, 6.45) is 2.94. The highest BCUT2D eigenvalue weighted by Crippen LogP contribution is 2.24. The van der Waals surface area contributed by atoms with Crippen molar-refractivity contribution in [2.75, 3.05) is 12.3 Å². The number of benzene rings is 1. The Morgan fingerprint density at radius 1 is 1.56 bits per heavy atom. The molecule has 0 spiro atoms. The lowest BCUT2D eigenvalue weighted by molar-refractivity contribution is -0.131. The molecule has 0 fully saturated rings. The van der Waals surface area contributed by atoms with Crippen LogP contribution in [-0.4, -0.2) is 17.4 Å². The first-order valence-corrected chi connectivity index (χ1v) is 5.47. The summed E-state index contributed by atoms with van der Waals surface area (Å²) in [5, 5.41) is 0. The number of rotatable bonds is 2. The van der Waals surface area contributed by atoms with Crippen LogP contribution in [-0.2, 0) is 17.8 Å². The zero-order valence-electron chi connectivity index (χ0n) is 9.28. The number of nitrogens with zero attached hydrogens (tertiary/aromatic N) is 1. The first-order valence-electron chi connectivity index (χ1n) is 5.47. The van der Waals surface area contributed by atoms with Crippen molar-refractivity contribution < 1.29 is 4.79 Å². The monoisotopic (exact) mass is 216 g/mol. The van der Waals surface area contributed by atoms with Crippen molar-refractivity contribution in [2.45, 2.75) is 19.4 Å². The summed E-state index contributed by atoms with van der Waals surface area (Å²) in [4.78, 5) is 13.6. The van der Waals surface area contributed by atoms with Crippen LogP contribution in [0.15, 0.2) is 30.9 Å². The van der Waals surface area contributed by atoms with Crippen LogP contribution in [0.5, 0.6) is 0 Å². The largest absolute Gasteiger partial charge is 0.398 e. The summed E-state index contributed by atoms with van der Waals surface area (Å²) in [5.74, 6) is 0.129. The summed E-state index contributed by atoms with van der Waals surface area (Å²) in [7, 11) is 0. The maximum Gasteiger partial charge on any atom is 0.226 e. The number of hydrogen-bond donors (Lipinski definition) is 1. The Hall–Kier alpha value is -1.77.